The van der Waals surface area contributed by atoms with E-state index < -0.39 is 6.10 Å². The summed E-state index contributed by atoms with van der Waals surface area (Å²) in [4.78, 5) is 23.9. The van der Waals surface area contributed by atoms with E-state index in [4.69, 9.17) is 0 Å². The quantitative estimate of drug-likeness (QED) is 0.325. The lowest BCUT2D eigenvalue weighted by Crippen LogP contribution is -2.12. The van der Waals surface area contributed by atoms with Crippen LogP contribution in [0.25, 0.3) is 0 Å². The van der Waals surface area contributed by atoms with Gasteiger partial charge >= 0.3 is 0 Å². The summed E-state index contributed by atoms with van der Waals surface area (Å²) in [7, 11) is 0. The van der Waals surface area contributed by atoms with Crippen LogP contribution in [0.5, 0.6) is 0 Å². The Kier molecular flexibility index (Phi) is 11.2. The van der Waals surface area contributed by atoms with Crippen LogP contribution in [-0.4, -0.2) is 45.0 Å². The van der Waals surface area contributed by atoms with E-state index in [-0.39, 0.29) is 5.78 Å². The molecular formula is C19H33N5O2. The SMILES string of the molecule is C=CC(O)CCCCCNc1nc(C)nc(NCCCCCC(C)=O)n1. The fraction of sp³-hybridized carbons (Fsp3) is 0.684. The highest BCUT2D eigenvalue weighted by molar-refractivity contribution is 5.75. The average molecular weight is 364 g/mol. The van der Waals surface area contributed by atoms with Crippen LogP contribution in [0.4, 0.5) is 11.9 Å². The van der Waals surface area contributed by atoms with Crippen LogP contribution in [0.1, 0.15) is 64.1 Å². The molecule has 1 heterocycles. The largest absolute Gasteiger partial charge is 0.389 e. The second-order valence-electron chi connectivity index (χ2n) is 6.55. The zero-order valence-electron chi connectivity index (χ0n) is 16.1. The van der Waals surface area contributed by atoms with E-state index >= 15 is 0 Å². The second kappa shape index (κ2) is 13.2. The van der Waals surface area contributed by atoms with Crippen molar-refractivity contribution in [2.45, 2.75) is 71.3 Å². The van der Waals surface area contributed by atoms with Crippen molar-refractivity contribution in [1.82, 2.24) is 15.0 Å². The lowest BCUT2D eigenvalue weighted by molar-refractivity contribution is -0.117. The van der Waals surface area contributed by atoms with Gasteiger partial charge < -0.3 is 20.5 Å². The number of carbonyl (C=O) groups is 1. The molecule has 0 saturated heterocycles. The van der Waals surface area contributed by atoms with Gasteiger partial charge in [-0.2, -0.15) is 15.0 Å². The van der Waals surface area contributed by atoms with Crippen LogP contribution in [0.15, 0.2) is 12.7 Å². The molecule has 1 unspecified atom stereocenters. The molecule has 26 heavy (non-hydrogen) atoms. The lowest BCUT2D eigenvalue weighted by atomic mass is 10.1. The second-order valence-corrected chi connectivity index (χ2v) is 6.55. The molecule has 0 aliphatic carbocycles. The molecule has 1 aromatic rings. The summed E-state index contributed by atoms with van der Waals surface area (Å²) in [6.45, 7) is 8.62. The molecule has 1 atom stereocenters. The fourth-order valence-electron chi connectivity index (χ4n) is 2.49. The molecule has 0 saturated carbocycles. The standard InChI is InChI=1S/C19H33N5O2/c1-4-17(26)12-8-6-10-14-21-19-23-16(3)22-18(24-19)20-13-9-5-7-11-15(2)25/h4,17,26H,1,5-14H2,2-3H3,(H2,20,21,22,23,24). The Morgan fingerprint density at radius 3 is 2.15 bits per heavy atom. The zero-order valence-corrected chi connectivity index (χ0v) is 16.1. The molecular weight excluding hydrogens is 330 g/mol. The molecule has 0 aromatic carbocycles. The van der Waals surface area contributed by atoms with Gasteiger partial charge in [0.15, 0.2) is 0 Å². The maximum Gasteiger partial charge on any atom is 0.227 e. The van der Waals surface area contributed by atoms with Gasteiger partial charge in [-0.15, -0.1) is 6.58 Å². The monoisotopic (exact) mass is 363 g/mol. The zero-order chi connectivity index (χ0) is 19.2. The number of ketones is 1. The van der Waals surface area contributed by atoms with E-state index in [1.807, 2.05) is 6.92 Å². The van der Waals surface area contributed by atoms with Gasteiger partial charge in [-0.05, 0) is 39.5 Å². The Balaban J connectivity index is 2.24. The first kappa shape index (κ1) is 22.0. The maximum atomic E-state index is 10.9. The van der Waals surface area contributed by atoms with E-state index in [1.54, 1.807) is 13.0 Å². The number of anilines is 2. The number of aliphatic hydroxyl groups excluding tert-OH is 1. The van der Waals surface area contributed by atoms with Gasteiger partial charge in [0.2, 0.25) is 11.9 Å². The molecule has 0 spiro atoms. The Hall–Kier alpha value is -2.02. The summed E-state index contributed by atoms with van der Waals surface area (Å²) >= 11 is 0. The minimum absolute atomic E-state index is 0.249. The summed E-state index contributed by atoms with van der Waals surface area (Å²) in [5.41, 5.74) is 0. The Morgan fingerprint density at radius 2 is 1.62 bits per heavy atom. The molecule has 0 fully saturated rings. The average Bonchev–Trinajstić information content (AvgIpc) is 2.60. The van der Waals surface area contributed by atoms with Crippen LogP contribution in [0, 0.1) is 6.92 Å². The molecule has 1 aromatic heterocycles. The third-order valence-corrected chi connectivity index (χ3v) is 3.97. The highest BCUT2D eigenvalue weighted by Crippen LogP contribution is 2.08. The molecule has 0 radical (unpaired) electrons. The maximum absolute atomic E-state index is 10.9. The molecule has 0 aliphatic heterocycles. The minimum Gasteiger partial charge on any atom is -0.389 e. The molecule has 0 bridgehead atoms. The topological polar surface area (TPSA) is 100 Å². The van der Waals surface area contributed by atoms with E-state index in [1.165, 1.54) is 0 Å². The third kappa shape index (κ3) is 10.8. The lowest BCUT2D eigenvalue weighted by Gasteiger charge is -2.09. The molecule has 0 amide bonds. The number of carbonyl (C=O) groups excluding carboxylic acids is 1. The highest BCUT2D eigenvalue weighted by Gasteiger charge is 2.04. The third-order valence-electron chi connectivity index (χ3n) is 3.97. The molecule has 0 aliphatic rings. The van der Waals surface area contributed by atoms with Gasteiger partial charge in [-0.25, -0.2) is 0 Å². The molecule has 7 nitrogen and oxygen atoms in total. The number of aryl methyl sites for hydroxylation is 1. The summed E-state index contributed by atoms with van der Waals surface area (Å²) in [5.74, 6) is 2.10. The molecule has 3 N–H and O–H groups in total. The first-order valence-corrected chi connectivity index (χ1v) is 9.51. The predicted octanol–water partition coefficient (Wildman–Crippen LogP) is 3.26. The van der Waals surface area contributed by atoms with Crippen molar-refractivity contribution in [1.29, 1.82) is 0 Å². The number of aromatic nitrogens is 3. The van der Waals surface area contributed by atoms with Crippen LogP contribution < -0.4 is 10.6 Å². The number of rotatable bonds is 15. The van der Waals surface area contributed by atoms with E-state index in [9.17, 15) is 9.90 Å². The Labute approximate surface area is 156 Å². The normalized spacial score (nSPS) is 11.8. The molecule has 1 rings (SSSR count). The number of Topliss-reactive ketones (excluding diaryl/α,β-unsaturated/α-hetero) is 1. The van der Waals surface area contributed by atoms with E-state index in [0.29, 0.717) is 24.1 Å². The molecule has 7 heteroatoms. The van der Waals surface area contributed by atoms with E-state index in [0.717, 1.165) is 58.0 Å². The molecule has 146 valence electrons. The van der Waals surface area contributed by atoms with E-state index in [2.05, 4.69) is 32.2 Å². The predicted molar refractivity (Wildman–Crippen MR) is 105 cm³/mol. The summed E-state index contributed by atoms with van der Waals surface area (Å²) in [6.07, 6.45) is 8.53. The number of unbranched alkanes of at least 4 members (excludes halogenated alkanes) is 4. The van der Waals surface area contributed by atoms with Crippen molar-refractivity contribution in [2.75, 3.05) is 23.7 Å². The number of aliphatic hydroxyl groups is 1. The fourth-order valence-corrected chi connectivity index (χ4v) is 2.49. The van der Waals surface area contributed by atoms with Crippen molar-refractivity contribution in [3.63, 3.8) is 0 Å². The number of nitrogens with one attached hydrogen (secondary N) is 2. The summed E-state index contributed by atoms with van der Waals surface area (Å²) < 4.78 is 0. The number of hydrogen-bond acceptors (Lipinski definition) is 7. The van der Waals surface area contributed by atoms with Crippen molar-refractivity contribution in [2.24, 2.45) is 0 Å². The first-order chi connectivity index (χ1) is 12.5. The van der Waals surface area contributed by atoms with Crippen LogP contribution >= 0.6 is 0 Å². The van der Waals surface area contributed by atoms with Gasteiger partial charge in [0, 0.05) is 19.5 Å². The van der Waals surface area contributed by atoms with Gasteiger partial charge in [0.1, 0.15) is 11.6 Å². The summed E-state index contributed by atoms with van der Waals surface area (Å²) in [5, 5.41) is 15.9. The van der Waals surface area contributed by atoms with Crippen molar-refractivity contribution in [3.05, 3.63) is 18.5 Å². The van der Waals surface area contributed by atoms with Gasteiger partial charge in [-0.3, -0.25) is 0 Å². The minimum atomic E-state index is -0.398. The van der Waals surface area contributed by atoms with Gasteiger partial charge in [0.05, 0.1) is 6.10 Å². The highest BCUT2D eigenvalue weighted by atomic mass is 16.3. The number of hydrogen-bond donors (Lipinski definition) is 3. The van der Waals surface area contributed by atoms with Crippen molar-refractivity contribution in [3.8, 4) is 0 Å². The Morgan fingerprint density at radius 1 is 1.04 bits per heavy atom. The first-order valence-electron chi connectivity index (χ1n) is 9.51. The van der Waals surface area contributed by atoms with Crippen molar-refractivity contribution < 1.29 is 9.90 Å². The smallest absolute Gasteiger partial charge is 0.227 e. The Bertz CT molecular complexity index is 551. The van der Waals surface area contributed by atoms with Crippen LogP contribution in [0.3, 0.4) is 0 Å². The summed E-state index contributed by atoms with van der Waals surface area (Å²) in [6, 6.07) is 0. The van der Waals surface area contributed by atoms with Gasteiger partial charge in [-0.1, -0.05) is 25.3 Å². The van der Waals surface area contributed by atoms with Crippen molar-refractivity contribution >= 4 is 17.7 Å². The van der Waals surface area contributed by atoms with Crippen LogP contribution in [0.2, 0.25) is 0 Å². The van der Waals surface area contributed by atoms with Crippen LogP contribution in [-0.2, 0) is 4.79 Å². The number of nitrogens with zero attached hydrogens (tertiary/aromatic N) is 3. The van der Waals surface area contributed by atoms with Gasteiger partial charge in [0.25, 0.3) is 0 Å².